The van der Waals surface area contributed by atoms with Gasteiger partial charge in [-0.1, -0.05) is 32.1 Å². The summed E-state index contributed by atoms with van der Waals surface area (Å²) >= 11 is 0. The monoisotopic (exact) mass is 398 g/mol. The van der Waals surface area contributed by atoms with Gasteiger partial charge in [0.1, 0.15) is 11.6 Å². The SMILES string of the molecule is Nc1cc(N2C[C@H]3C[C@@H](C2)[C@H](CC2CCCCC2)N2C(=O)CCC[C@@H]32)nc(N)n1. The van der Waals surface area contributed by atoms with Gasteiger partial charge in [0, 0.05) is 37.7 Å². The third-order valence-corrected chi connectivity index (χ3v) is 7.87. The van der Waals surface area contributed by atoms with E-state index < -0.39 is 0 Å². The highest BCUT2D eigenvalue weighted by Crippen LogP contribution is 2.45. The van der Waals surface area contributed by atoms with Gasteiger partial charge in [-0.2, -0.15) is 9.97 Å². The fourth-order valence-electron chi connectivity index (χ4n) is 6.66. The Morgan fingerprint density at radius 2 is 1.79 bits per heavy atom. The molecule has 1 aromatic heterocycles. The van der Waals surface area contributed by atoms with Crippen LogP contribution in [0.1, 0.15) is 64.2 Å². The lowest BCUT2D eigenvalue weighted by molar-refractivity contribution is -0.149. The van der Waals surface area contributed by atoms with Crippen molar-refractivity contribution in [3.8, 4) is 0 Å². The molecule has 3 aliphatic heterocycles. The molecule has 4 N–H and O–H groups in total. The maximum atomic E-state index is 13.0. The van der Waals surface area contributed by atoms with Crippen LogP contribution in [-0.4, -0.2) is 45.9 Å². The number of rotatable bonds is 3. The molecule has 4 aliphatic rings. The van der Waals surface area contributed by atoms with Gasteiger partial charge >= 0.3 is 0 Å². The minimum atomic E-state index is 0.240. The van der Waals surface area contributed by atoms with Crippen LogP contribution in [0, 0.1) is 17.8 Å². The van der Waals surface area contributed by atoms with Gasteiger partial charge in [0.05, 0.1) is 0 Å². The first-order valence-electron chi connectivity index (χ1n) is 11.5. The van der Waals surface area contributed by atoms with Gasteiger partial charge in [0.25, 0.3) is 0 Å². The molecule has 1 aliphatic carbocycles. The van der Waals surface area contributed by atoms with Gasteiger partial charge < -0.3 is 21.3 Å². The molecular formula is C22H34N6O. The van der Waals surface area contributed by atoms with E-state index in [0.717, 1.165) is 44.1 Å². The van der Waals surface area contributed by atoms with Gasteiger partial charge in [-0.25, -0.2) is 0 Å². The number of hydrogen-bond donors (Lipinski definition) is 2. The van der Waals surface area contributed by atoms with Crippen LogP contribution in [-0.2, 0) is 4.79 Å². The topological polar surface area (TPSA) is 101 Å². The van der Waals surface area contributed by atoms with Crippen LogP contribution in [0.2, 0.25) is 0 Å². The molecule has 7 nitrogen and oxygen atoms in total. The number of anilines is 3. The van der Waals surface area contributed by atoms with Crippen LogP contribution in [0.4, 0.5) is 17.6 Å². The van der Waals surface area contributed by atoms with Crippen molar-refractivity contribution >= 4 is 23.5 Å². The summed E-state index contributed by atoms with van der Waals surface area (Å²) in [5.41, 5.74) is 11.8. The van der Waals surface area contributed by atoms with E-state index in [1.165, 1.54) is 44.9 Å². The van der Waals surface area contributed by atoms with Crippen molar-refractivity contribution in [1.82, 2.24) is 14.9 Å². The molecular weight excluding hydrogens is 364 g/mol. The molecule has 1 aromatic rings. The number of carbonyl (C=O) groups excluding carboxylic acids is 1. The van der Waals surface area contributed by atoms with Crippen LogP contribution in [0.25, 0.3) is 0 Å². The molecule has 4 heterocycles. The quantitative estimate of drug-likeness (QED) is 0.812. The first kappa shape index (κ1) is 18.9. The molecule has 4 atom stereocenters. The molecule has 7 heteroatoms. The van der Waals surface area contributed by atoms with Crippen LogP contribution in [0.5, 0.6) is 0 Å². The van der Waals surface area contributed by atoms with E-state index in [1.807, 2.05) is 6.07 Å². The molecule has 3 saturated heterocycles. The second kappa shape index (κ2) is 7.65. The Balaban J connectivity index is 1.43. The van der Waals surface area contributed by atoms with Gasteiger partial charge in [-0.15, -0.1) is 0 Å². The Labute approximate surface area is 173 Å². The van der Waals surface area contributed by atoms with Crippen LogP contribution < -0.4 is 16.4 Å². The molecule has 4 fully saturated rings. The van der Waals surface area contributed by atoms with Gasteiger partial charge in [-0.3, -0.25) is 4.79 Å². The summed E-state index contributed by atoms with van der Waals surface area (Å²) in [4.78, 5) is 26.2. The molecule has 158 valence electrons. The maximum absolute atomic E-state index is 13.0. The first-order chi connectivity index (χ1) is 14.1. The van der Waals surface area contributed by atoms with Gasteiger partial charge in [0.15, 0.2) is 0 Å². The molecule has 0 spiro atoms. The highest BCUT2D eigenvalue weighted by atomic mass is 16.2. The summed E-state index contributed by atoms with van der Waals surface area (Å²) in [5, 5.41) is 0. The average Bonchev–Trinajstić information content (AvgIpc) is 2.71. The fourth-order valence-corrected chi connectivity index (χ4v) is 6.66. The number of nitrogen functional groups attached to an aromatic ring is 2. The Morgan fingerprint density at radius 1 is 1.00 bits per heavy atom. The Kier molecular flexibility index (Phi) is 5.00. The number of nitrogens with two attached hydrogens (primary N) is 2. The van der Waals surface area contributed by atoms with E-state index in [1.54, 1.807) is 0 Å². The number of piperidine rings is 3. The second-order valence-corrected chi connectivity index (χ2v) is 9.74. The average molecular weight is 399 g/mol. The van der Waals surface area contributed by atoms with Crippen molar-refractivity contribution in [2.75, 3.05) is 29.5 Å². The lowest BCUT2D eigenvalue weighted by atomic mass is 9.69. The van der Waals surface area contributed by atoms with Crippen molar-refractivity contribution in [1.29, 1.82) is 0 Å². The molecule has 29 heavy (non-hydrogen) atoms. The Hall–Kier alpha value is -2.05. The van der Waals surface area contributed by atoms with Gasteiger partial charge in [-0.05, 0) is 43.4 Å². The van der Waals surface area contributed by atoms with E-state index in [-0.39, 0.29) is 5.95 Å². The minimum Gasteiger partial charge on any atom is -0.383 e. The smallest absolute Gasteiger partial charge is 0.223 e. The Morgan fingerprint density at radius 3 is 2.59 bits per heavy atom. The van der Waals surface area contributed by atoms with Crippen LogP contribution in [0.15, 0.2) is 6.07 Å². The van der Waals surface area contributed by atoms with Crippen molar-refractivity contribution in [3.05, 3.63) is 6.07 Å². The predicted octanol–water partition coefficient (Wildman–Crippen LogP) is 2.82. The molecule has 2 bridgehead atoms. The molecule has 0 unspecified atom stereocenters. The normalized spacial score (nSPS) is 32.9. The molecule has 0 aromatic carbocycles. The maximum Gasteiger partial charge on any atom is 0.223 e. The van der Waals surface area contributed by atoms with Crippen molar-refractivity contribution < 1.29 is 4.79 Å². The molecule has 1 saturated carbocycles. The summed E-state index contributed by atoms with van der Waals surface area (Å²) in [6.45, 7) is 1.86. The summed E-state index contributed by atoms with van der Waals surface area (Å²) < 4.78 is 0. The van der Waals surface area contributed by atoms with E-state index in [9.17, 15) is 4.79 Å². The van der Waals surface area contributed by atoms with E-state index in [4.69, 9.17) is 11.5 Å². The zero-order valence-electron chi connectivity index (χ0n) is 17.3. The number of hydrogen-bond acceptors (Lipinski definition) is 6. The number of fused-ring (bicyclic) bond motifs is 4. The highest BCUT2D eigenvalue weighted by Gasteiger charge is 2.49. The minimum absolute atomic E-state index is 0.240. The number of nitrogens with zero attached hydrogens (tertiary/aromatic N) is 4. The number of carbonyl (C=O) groups is 1. The summed E-state index contributed by atoms with van der Waals surface area (Å²) in [6.07, 6.45) is 12.1. The molecule has 5 rings (SSSR count). The lowest BCUT2D eigenvalue weighted by Crippen LogP contribution is -2.65. The van der Waals surface area contributed by atoms with Crippen molar-refractivity contribution in [3.63, 3.8) is 0 Å². The zero-order valence-corrected chi connectivity index (χ0v) is 17.3. The van der Waals surface area contributed by atoms with Gasteiger partial charge in [0.2, 0.25) is 11.9 Å². The Bertz CT molecular complexity index is 743. The lowest BCUT2D eigenvalue weighted by Gasteiger charge is -2.57. The zero-order chi connectivity index (χ0) is 20.0. The highest BCUT2D eigenvalue weighted by molar-refractivity contribution is 5.78. The fraction of sp³-hybridized carbons (Fsp3) is 0.773. The van der Waals surface area contributed by atoms with Crippen LogP contribution in [0.3, 0.4) is 0 Å². The third kappa shape index (κ3) is 3.64. The summed E-state index contributed by atoms with van der Waals surface area (Å²) in [7, 11) is 0. The van der Waals surface area contributed by atoms with Crippen molar-refractivity contribution in [2.45, 2.75) is 76.3 Å². The summed E-state index contributed by atoms with van der Waals surface area (Å²) in [6, 6.07) is 2.61. The third-order valence-electron chi connectivity index (χ3n) is 7.87. The van der Waals surface area contributed by atoms with E-state index in [2.05, 4.69) is 19.8 Å². The number of aromatic nitrogens is 2. The second-order valence-electron chi connectivity index (χ2n) is 9.74. The van der Waals surface area contributed by atoms with E-state index >= 15 is 0 Å². The van der Waals surface area contributed by atoms with Crippen molar-refractivity contribution in [2.24, 2.45) is 17.8 Å². The van der Waals surface area contributed by atoms with Crippen LogP contribution >= 0.6 is 0 Å². The molecule has 0 radical (unpaired) electrons. The summed E-state index contributed by atoms with van der Waals surface area (Å²) in [5.74, 6) is 3.71. The molecule has 1 amide bonds. The predicted molar refractivity (Wildman–Crippen MR) is 114 cm³/mol. The first-order valence-corrected chi connectivity index (χ1v) is 11.5. The number of amides is 1. The largest absolute Gasteiger partial charge is 0.383 e. The standard InChI is InChI=1S/C22H34N6O/c23-19-11-20(26-22(24)25-19)27-12-15-10-16(13-27)18(9-14-5-2-1-3-6-14)28-17(15)7-4-8-21(28)29/h11,14-18H,1-10,12-13H2,(H4,23,24,25,26)/t15-,16+,17+,18+/m1/s1. The van der Waals surface area contributed by atoms with E-state index in [0.29, 0.717) is 35.6 Å².